The van der Waals surface area contributed by atoms with Crippen molar-refractivity contribution in [2.24, 2.45) is 11.8 Å². The summed E-state index contributed by atoms with van der Waals surface area (Å²) in [5.41, 5.74) is 3.97. The van der Waals surface area contributed by atoms with Gasteiger partial charge in [-0.25, -0.2) is 0 Å². The third-order valence-electron chi connectivity index (χ3n) is 8.78. The molecule has 4 aliphatic carbocycles. The van der Waals surface area contributed by atoms with Gasteiger partial charge in [-0.1, -0.05) is 84.9 Å². The van der Waals surface area contributed by atoms with Gasteiger partial charge in [-0.3, -0.25) is 0 Å². The lowest BCUT2D eigenvalue weighted by Crippen LogP contribution is -2.56. The first-order chi connectivity index (χ1) is 14.7. The third kappa shape index (κ3) is 2.28. The fourth-order valence-electron chi connectivity index (χ4n) is 8.27. The molecule has 4 aromatic carbocycles. The van der Waals surface area contributed by atoms with E-state index in [-0.39, 0.29) is 0 Å². The Kier molecular flexibility index (Phi) is 3.41. The number of hydrogen-bond donors (Lipinski definition) is 0. The highest BCUT2D eigenvalue weighted by Gasteiger charge is 2.59. The van der Waals surface area contributed by atoms with Crippen LogP contribution in [0.5, 0.6) is 0 Å². The zero-order valence-electron chi connectivity index (χ0n) is 17.5. The molecule has 0 heteroatoms. The predicted molar refractivity (Wildman–Crippen MR) is 126 cm³/mol. The van der Waals surface area contributed by atoms with Crippen LogP contribution in [0.1, 0.15) is 49.7 Å². The molecule has 4 saturated carbocycles. The predicted octanol–water partition coefficient (Wildman–Crippen LogP) is 7.78. The van der Waals surface area contributed by atoms with Crippen LogP contribution in [0.15, 0.2) is 84.9 Å². The maximum atomic E-state index is 2.46. The van der Waals surface area contributed by atoms with Gasteiger partial charge in [0, 0.05) is 0 Å². The molecular formula is C30H28. The normalized spacial score (nSPS) is 32.1. The lowest BCUT2D eigenvalue weighted by atomic mass is 9.41. The first-order valence-electron chi connectivity index (χ1n) is 11.7. The lowest BCUT2D eigenvalue weighted by molar-refractivity contribution is -0.0268. The summed E-state index contributed by atoms with van der Waals surface area (Å²) in [5, 5.41) is 5.81. The minimum atomic E-state index is 0.349. The van der Waals surface area contributed by atoms with Gasteiger partial charge in [0.2, 0.25) is 0 Å². The van der Waals surface area contributed by atoms with E-state index < -0.39 is 0 Å². The van der Waals surface area contributed by atoms with E-state index in [1.807, 2.05) is 0 Å². The maximum Gasteiger partial charge on any atom is -0.00271 e. The summed E-state index contributed by atoms with van der Waals surface area (Å²) in [6, 6.07) is 32.3. The molecule has 4 bridgehead atoms. The Morgan fingerprint density at radius 3 is 1.43 bits per heavy atom. The van der Waals surface area contributed by atoms with Crippen LogP contribution < -0.4 is 0 Å². The summed E-state index contributed by atoms with van der Waals surface area (Å²) in [4.78, 5) is 0. The summed E-state index contributed by atoms with van der Waals surface area (Å²) in [5.74, 6) is 1.76. The van der Waals surface area contributed by atoms with Crippen molar-refractivity contribution in [2.45, 2.75) is 49.4 Å². The Labute approximate surface area is 178 Å². The van der Waals surface area contributed by atoms with Crippen LogP contribution in [0.3, 0.4) is 0 Å². The van der Waals surface area contributed by atoms with Gasteiger partial charge in [0.15, 0.2) is 0 Å². The van der Waals surface area contributed by atoms with E-state index in [0.29, 0.717) is 10.8 Å². The summed E-state index contributed by atoms with van der Waals surface area (Å²) in [7, 11) is 0. The van der Waals surface area contributed by atoms with Crippen molar-refractivity contribution in [3.8, 4) is 0 Å². The van der Waals surface area contributed by atoms with E-state index in [9.17, 15) is 0 Å². The molecule has 0 heterocycles. The van der Waals surface area contributed by atoms with E-state index in [1.165, 1.54) is 60.1 Å². The Morgan fingerprint density at radius 1 is 0.500 bits per heavy atom. The van der Waals surface area contributed by atoms with Crippen molar-refractivity contribution >= 4 is 21.5 Å². The molecule has 0 unspecified atom stereocenters. The summed E-state index contributed by atoms with van der Waals surface area (Å²) in [6.07, 6.45) is 8.36. The molecule has 0 spiro atoms. The second-order valence-corrected chi connectivity index (χ2v) is 10.6. The molecule has 148 valence electrons. The molecule has 4 aliphatic rings. The number of rotatable bonds is 2. The minimum Gasteiger partial charge on any atom is -0.0616 e. The van der Waals surface area contributed by atoms with Gasteiger partial charge in [0.1, 0.15) is 0 Å². The first kappa shape index (κ1) is 17.1. The first-order valence-corrected chi connectivity index (χ1v) is 11.7. The minimum absolute atomic E-state index is 0.349. The second-order valence-electron chi connectivity index (χ2n) is 10.6. The van der Waals surface area contributed by atoms with Crippen molar-refractivity contribution < 1.29 is 0 Å². The van der Waals surface area contributed by atoms with Crippen molar-refractivity contribution in [1.29, 1.82) is 0 Å². The fourth-order valence-corrected chi connectivity index (χ4v) is 8.27. The molecule has 4 fully saturated rings. The topological polar surface area (TPSA) is 0 Å². The lowest BCUT2D eigenvalue weighted by Gasteiger charge is -2.63. The molecule has 0 aromatic heterocycles. The van der Waals surface area contributed by atoms with Crippen LogP contribution in [0.4, 0.5) is 0 Å². The molecule has 0 aliphatic heterocycles. The second kappa shape index (κ2) is 5.97. The average Bonchev–Trinajstić information content (AvgIpc) is 2.77. The molecule has 0 N–H and O–H groups in total. The monoisotopic (exact) mass is 388 g/mol. The van der Waals surface area contributed by atoms with Gasteiger partial charge in [0.25, 0.3) is 0 Å². The molecule has 0 radical (unpaired) electrons. The van der Waals surface area contributed by atoms with Crippen LogP contribution in [0.25, 0.3) is 21.5 Å². The summed E-state index contributed by atoms with van der Waals surface area (Å²) in [6.45, 7) is 0. The van der Waals surface area contributed by atoms with Gasteiger partial charge in [-0.15, -0.1) is 0 Å². The van der Waals surface area contributed by atoms with Gasteiger partial charge in [-0.2, -0.15) is 0 Å². The number of hydrogen-bond acceptors (Lipinski definition) is 0. The van der Waals surface area contributed by atoms with Crippen molar-refractivity contribution in [3.05, 3.63) is 96.1 Å². The van der Waals surface area contributed by atoms with Gasteiger partial charge in [0.05, 0.1) is 0 Å². The van der Waals surface area contributed by atoms with Crippen molar-refractivity contribution in [3.63, 3.8) is 0 Å². The smallest absolute Gasteiger partial charge is 0.00271 e. The molecule has 0 atom stereocenters. The maximum absolute atomic E-state index is 2.46. The Balaban J connectivity index is 1.45. The third-order valence-corrected chi connectivity index (χ3v) is 8.78. The molecule has 0 saturated heterocycles. The van der Waals surface area contributed by atoms with E-state index in [1.54, 1.807) is 11.1 Å². The highest BCUT2D eigenvalue weighted by atomic mass is 14.6. The fraction of sp³-hybridized carbons (Fsp3) is 0.333. The van der Waals surface area contributed by atoms with Gasteiger partial charge < -0.3 is 0 Å². The van der Waals surface area contributed by atoms with Crippen LogP contribution in [-0.4, -0.2) is 0 Å². The van der Waals surface area contributed by atoms with E-state index >= 15 is 0 Å². The molecule has 0 amide bonds. The Morgan fingerprint density at radius 2 is 0.933 bits per heavy atom. The van der Waals surface area contributed by atoms with Crippen LogP contribution >= 0.6 is 0 Å². The Bertz CT molecular complexity index is 1160. The zero-order chi connectivity index (χ0) is 19.8. The molecule has 30 heavy (non-hydrogen) atoms. The molecule has 4 aromatic rings. The summed E-state index contributed by atoms with van der Waals surface area (Å²) < 4.78 is 0. The van der Waals surface area contributed by atoms with E-state index in [2.05, 4.69) is 84.9 Å². The SMILES string of the molecule is c1ccc2c(C34CC5CC(C3)CC(c3cccc6ccccc36)(C5)C4)cccc2c1. The molecule has 0 nitrogen and oxygen atoms in total. The van der Waals surface area contributed by atoms with Crippen LogP contribution in [0, 0.1) is 11.8 Å². The summed E-state index contributed by atoms with van der Waals surface area (Å²) >= 11 is 0. The molecule has 8 rings (SSSR count). The highest BCUT2D eigenvalue weighted by molar-refractivity contribution is 5.88. The van der Waals surface area contributed by atoms with E-state index in [4.69, 9.17) is 0 Å². The average molecular weight is 389 g/mol. The largest absolute Gasteiger partial charge is 0.0616 e. The standard InChI is InChI=1S/C30H28/c1-3-11-25-23(7-1)9-5-13-27(25)29-16-21-15-22(17-29)19-30(18-21,20-29)28-14-6-10-24-8-2-4-12-26(24)28/h1-14,21-22H,15-20H2. The quantitative estimate of drug-likeness (QED) is 0.329. The van der Waals surface area contributed by atoms with Crippen molar-refractivity contribution in [2.75, 3.05) is 0 Å². The van der Waals surface area contributed by atoms with Crippen LogP contribution in [0.2, 0.25) is 0 Å². The zero-order valence-corrected chi connectivity index (χ0v) is 17.5. The number of fused-ring (bicyclic) bond motifs is 2. The van der Waals surface area contributed by atoms with Crippen LogP contribution in [-0.2, 0) is 10.8 Å². The van der Waals surface area contributed by atoms with Gasteiger partial charge in [-0.05, 0) is 93.9 Å². The Hall–Kier alpha value is -2.60. The number of benzene rings is 4. The highest BCUT2D eigenvalue weighted by Crippen LogP contribution is 2.67. The van der Waals surface area contributed by atoms with E-state index in [0.717, 1.165) is 11.8 Å². The molecular weight excluding hydrogens is 360 g/mol. The van der Waals surface area contributed by atoms with Gasteiger partial charge >= 0.3 is 0 Å². The van der Waals surface area contributed by atoms with Crippen molar-refractivity contribution in [1.82, 2.24) is 0 Å².